The number of nitrogens with zero attached hydrogens (tertiary/aromatic N) is 2. The number of aromatic nitrogens is 3. The fourth-order valence-electron chi connectivity index (χ4n) is 2.11. The molecule has 0 radical (unpaired) electrons. The molecule has 3 heteroatoms. The van der Waals surface area contributed by atoms with Crippen molar-refractivity contribution >= 4 is 11.2 Å². The lowest BCUT2D eigenvalue weighted by Gasteiger charge is -2.18. The van der Waals surface area contributed by atoms with E-state index in [0.717, 1.165) is 22.6 Å². The average Bonchev–Trinajstić information content (AvgIpc) is 2.81. The van der Waals surface area contributed by atoms with Crippen molar-refractivity contribution < 1.29 is 0 Å². The van der Waals surface area contributed by atoms with Gasteiger partial charge in [0.1, 0.15) is 11.3 Å². The van der Waals surface area contributed by atoms with Crippen LogP contribution in [0.5, 0.6) is 0 Å². The molecule has 0 aliphatic rings. The standard InChI is InChI=1S/C16H17N3/c1-16(2,3)12-8-6-11(7-9-12)14-18-13-5-4-10-17-15(13)19-14/h4-10H,1-3H3,(H,17,18,19). The maximum Gasteiger partial charge on any atom is 0.157 e. The monoisotopic (exact) mass is 251 g/mol. The molecule has 0 atom stereocenters. The van der Waals surface area contributed by atoms with Gasteiger partial charge in [-0.15, -0.1) is 0 Å². The summed E-state index contributed by atoms with van der Waals surface area (Å²) in [6.45, 7) is 6.65. The summed E-state index contributed by atoms with van der Waals surface area (Å²) in [5.74, 6) is 0.870. The second kappa shape index (κ2) is 4.19. The highest BCUT2D eigenvalue weighted by atomic mass is 15.0. The van der Waals surface area contributed by atoms with Crippen LogP contribution in [0, 0.1) is 0 Å². The SMILES string of the molecule is CC(C)(C)c1ccc(-c2nc3cccnc3[nH]2)cc1. The van der Waals surface area contributed by atoms with E-state index in [1.54, 1.807) is 6.20 Å². The van der Waals surface area contributed by atoms with Crippen LogP contribution in [0.25, 0.3) is 22.6 Å². The number of rotatable bonds is 1. The summed E-state index contributed by atoms with van der Waals surface area (Å²) in [7, 11) is 0. The maximum absolute atomic E-state index is 4.56. The van der Waals surface area contributed by atoms with E-state index in [1.807, 2.05) is 12.1 Å². The quantitative estimate of drug-likeness (QED) is 0.712. The van der Waals surface area contributed by atoms with Crippen molar-refractivity contribution in [3.63, 3.8) is 0 Å². The van der Waals surface area contributed by atoms with Gasteiger partial charge in [-0.05, 0) is 23.1 Å². The van der Waals surface area contributed by atoms with Crippen molar-refractivity contribution in [1.82, 2.24) is 15.0 Å². The van der Waals surface area contributed by atoms with Crippen LogP contribution < -0.4 is 0 Å². The molecule has 3 aromatic rings. The van der Waals surface area contributed by atoms with Crippen LogP contribution in [0.1, 0.15) is 26.3 Å². The second-order valence-corrected chi connectivity index (χ2v) is 5.78. The minimum Gasteiger partial charge on any atom is -0.323 e. The van der Waals surface area contributed by atoms with E-state index < -0.39 is 0 Å². The van der Waals surface area contributed by atoms with Crippen LogP contribution in [0.15, 0.2) is 42.6 Å². The number of aromatic amines is 1. The lowest BCUT2D eigenvalue weighted by Crippen LogP contribution is -2.10. The number of hydrogen-bond donors (Lipinski definition) is 1. The van der Waals surface area contributed by atoms with Crippen molar-refractivity contribution in [2.75, 3.05) is 0 Å². The molecule has 0 bridgehead atoms. The topological polar surface area (TPSA) is 41.6 Å². The van der Waals surface area contributed by atoms with Crippen molar-refractivity contribution in [2.45, 2.75) is 26.2 Å². The Morgan fingerprint density at radius 2 is 1.74 bits per heavy atom. The number of pyridine rings is 1. The highest BCUT2D eigenvalue weighted by Crippen LogP contribution is 2.25. The highest BCUT2D eigenvalue weighted by molar-refractivity contribution is 5.75. The third-order valence-corrected chi connectivity index (χ3v) is 3.28. The molecule has 0 unspecified atom stereocenters. The van der Waals surface area contributed by atoms with E-state index in [2.05, 4.69) is 60.0 Å². The van der Waals surface area contributed by atoms with Gasteiger partial charge < -0.3 is 4.98 Å². The van der Waals surface area contributed by atoms with Crippen molar-refractivity contribution in [3.05, 3.63) is 48.2 Å². The van der Waals surface area contributed by atoms with E-state index in [0.29, 0.717) is 0 Å². The number of fused-ring (bicyclic) bond motifs is 1. The fourth-order valence-corrected chi connectivity index (χ4v) is 2.11. The van der Waals surface area contributed by atoms with E-state index in [9.17, 15) is 0 Å². The third kappa shape index (κ3) is 2.24. The third-order valence-electron chi connectivity index (χ3n) is 3.28. The Morgan fingerprint density at radius 3 is 2.37 bits per heavy atom. The summed E-state index contributed by atoms with van der Waals surface area (Å²) in [6.07, 6.45) is 1.77. The van der Waals surface area contributed by atoms with Gasteiger partial charge in [-0.25, -0.2) is 9.97 Å². The Labute approximate surface area is 112 Å². The minimum absolute atomic E-state index is 0.175. The van der Waals surface area contributed by atoms with E-state index in [4.69, 9.17) is 0 Å². The largest absolute Gasteiger partial charge is 0.323 e. The van der Waals surface area contributed by atoms with Gasteiger partial charge >= 0.3 is 0 Å². The molecule has 3 nitrogen and oxygen atoms in total. The molecule has 0 aliphatic carbocycles. The van der Waals surface area contributed by atoms with Gasteiger partial charge in [-0.2, -0.15) is 0 Å². The maximum atomic E-state index is 4.56. The molecule has 2 aromatic heterocycles. The second-order valence-electron chi connectivity index (χ2n) is 5.78. The predicted octanol–water partition coefficient (Wildman–Crippen LogP) is 3.92. The summed E-state index contributed by atoms with van der Waals surface area (Å²) in [6, 6.07) is 12.4. The lowest BCUT2D eigenvalue weighted by atomic mass is 9.87. The first-order valence-corrected chi connectivity index (χ1v) is 6.46. The fraction of sp³-hybridized carbons (Fsp3) is 0.250. The molecule has 1 aromatic carbocycles. The number of imidazole rings is 1. The lowest BCUT2D eigenvalue weighted by molar-refractivity contribution is 0.590. The molecular weight excluding hydrogens is 234 g/mol. The Kier molecular flexibility index (Phi) is 2.63. The Morgan fingerprint density at radius 1 is 1.00 bits per heavy atom. The zero-order valence-corrected chi connectivity index (χ0v) is 11.4. The molecule has 1 N–H and O–H groups in total. The predicted molar refractivity (Wildman–Crippen MR) is 78.0 cm³/mol. The summed E-state index contributed by atoms with van der Waals surface area (Å²) in [5.41, 5.74) is 4.32. The summed E-state index contributed by atoms with van der Waals surface area (Å²) in [5, 5.41) is 0. The Hall–Kier alpha value is -2.16. The molecule has 0 fully saturated rings. The van der Waals surface area contributed by atoms with Gasteiger partial charge in [0.15, 0.2) is 5.65 Å². The van der Waals surface area contributed by atoms with Crippen LogP contribution in [0.2, 0.25) is 0 Å². The smallest absolute Gasteiger partial charge is 0.157 e. The molecule has 0 amide bonds. The molecule has 2 heterocycles. The molecule has 96 valence electrons. The van der Waals surface area contributed by atoms with Crippen LogP contribution in [-0.2, 0) is 5.41 Å². The van der Waals surface area contributed by atoms with Crippen LogP contribution in [0.4, 0.5) is 0 Å². The molecule has 0 aliphatic heterocycles. The average molecular weight is 251 g/mol. The summed E-state index contributed by atoms with van der Waals surface area (Å²) in [4.78, 5) is 12.1. The summed E-state index contributed by atoms with van der Waals surface area (Å²) >= 11 is 0. The number of benzene rings is 1. The van der Waals surface area contributed by atoms with Gasteiger partial charge in [0.05, 0.1) is 0 Å². The molecule has 0 saturated carbocycles. The van der Waals surface area contributed by atoms with Crippen molar-refractivity contribution in [2.24, 2.45) is 0 Å². The van der Waals surface area contributed by atoms with Gasteiger partial charge in [-0.1, -0.05) is 45.0 Å². The van der Waals surface area contributed by atoms with E-state index >= 15 is 0 Å². The highest BCUT2D eigenvalue weighted by Gasteiger charge is 2.13. The first kappa shape index (κ1) is 11.9. The Balaban J connectivity index is 2.02. The number of H-pyrrole nitrogens is 1. The molecule has 3 rings (SSSR count). The minimum atomic E-state index is 0.175. The normalized spacial score (nSPS) is 11.9. The zero-order valence-electron chi connectivity index (χ0n) is 11.4. The first-order chi connectivity index (χ1) is 9.04. The van der Waals surface area contributed by atoms with Gasteiger partial charge in [0.2, 0.25) is 0 Å². The molecular formula is C16H17N3. The summed E-state index contributed by atoms with van der Waals surface area (Å²) < 4.78 is 0. The van der Waals surface area contributed by atoms with Crippen LogP contribution in [0.3, 0.4) is 0 Å². The molecule has 0 saturated heterocycles. The van der Waals surface area contributed by atoms with Gasteiger partial charge in [-0.3, -0.25) is 0 Å². The van der Waals surface area contributed by atoms with E-state index in [1.165, 1.54) is 5.56 Å². The number of nitrogens with one attached hydrogen (secondary N) is 1. The molecule has 19 heavy (non-hydrogen) atoms. The van der Waals surface area contributed by atoms with Gasteiger partial charge in [0.25, 0.3) is 0 Å². The van der Waals surface area contributed by atoms with Crippen LogP contribution >= 0.6 is 0 Å². The van der Waals surface area contributed by atoms with Crippen molar-refractivity contribution in [1.29, 1.82) is 0 Å². The van der Waals surface area contributed by atoms with Gasteiger partial charge in [0, 0.05) is 11.8 Å². The first-order valence-electron chi connectivity index (χ1n) is 6.46. The van der Waals surface area contributed by atoms with Crippen LogP contribution in [-0.4, -0.2) is 15.0 Å². The number of hydrogen-bond acceptors (Lipinski definition) is 2. The van der Waals surface area contributed by atoms with E-state index in [-0.39, 0.29) is 5.41 Å². The Bertz CT molecular complexity index is 670. The van der Waals surface area contributed by atoms with Crippen molar-refractivity contribution in [3.8, 4) is 11.4 Å². The zero-order chi connectivity index (χ0) is 13.5. The molecule has 0 spiro atoms.